The first kappa shape index (κ1) is 17.4. The Labute approximate surface area is 140 Å². The van der Waals surface area contributed by atoms with E-state index in [4.69, 9.17) is 4.74 Å². The zero-order valence-electron chi connectivity index (χ0n) is 13.0. The Morgan fingerprint density at radius 1 is 1.32 bits per heavy atom. The van der Waals surface area contributed by atoms with E-state index in [-0.39, 0.29) is 24.2 Å². The third kappa shape index (κ3) is 4.54. The SMILES string of the molecule is O=C(CC1COCCN1)Nc1ccc(-c2noc(C(F)(F)F)n2)cc1. The quantitative estimate of drug-likeness (QED) is 0.872. The molecule has 0 bridgehead atoms. The van der Waals surface area contributed by atoms with E-state index in [1.165, 1.54) is 12.1 Å². The number of hydrogen-bond donors (Lipinski definition) is 2. The number of hydrogen-bond acceptors (Lipinski definition) is 6. The maximum Gasteiger partial charge on any atom is 0.471 e. The van der Waals surface area contributed by atoms with Gasteiger partial charge in [0.25, 0.3) is 0 Å². The van der Waals surface area contributed by atoms with Crippen LogP contribution >= 0.6 is 0 Å². The van der Waals surface area contributed by atoms with Gasteiger partial charge in [0, 0.05) is 30.3 Å². The molecule has 1 fully saturated rings. The minimum absolute atomic E-state index is 0.0341. The number of rotatable bonds is 4. The highest BCUT2D eigenvalue weighted by atomic mass is 19.4. The van der Waals surface area contributed by atoms with Crippen LogP contribution in [-0.2, 0) is 15.7 Å². The van der Waals surface area contributed by atoms with Gasteiger partial charge >= 0.3 is 12.1 Å². The Kier molecular flexibility index (Phi) is 5.00. The number of benzene rings is 1. The summed E-state index contributed by atoms with van der Waals surface area (Å²) in [6, 6.07) is 6.09. The maximum atomic E-state index is 12.5. The van der Waals surface area contributed by atoms with Gasteiger partial charge in [-0.25, -0.2) is 0 Å². The Bertz CT molecular complexity index is 724. The molecule has 10 heteroatoms. The van der Waals surface area contributed by atoms with Crippen molar-refractivity contribution in [1.29, 1.82) is 0 Å². The molecular formula is C15H15F3N4O3. The third-order valence-corrected chi connectivity index (χ3v) is 3.53. The largest absolute Gasteiger partial charge is 0.471 e. The van der Waals surface area contributed by atoms with E-state index >= 15 is 0 Å². The number of nitrogens with zero attached hydrogens (tertiary/aromatic N) is 2. The van der Waals surface area contributed by atoms with Crippen molar-refractivity contribution in [3.63, 3.8) is 0 Å². The predicted molar refractivity (Wildman–Crippen MR) is 80.6 cm³/mol. The number of carbonyl (C=O) groups is 1. The van der Waals surface area contributed by atoms with E-state index in [1.807, 2.05) is 0 Å². The predicted octanol–water partition coefficient (Wildman–Crippen LogP) is 2.07. The molecular weight excluding hydrogens is 341 g/mol. The molecule has 2 heterocycles. The van der Waals surface area contributed by atoms with Crippen LogP contribution in [0.25, 0.3) is 11.4 Å². The molecule has 2 N–H and O–H groups in total. The van der Waals surface area contributed by atoms with Gasteiger partial charge < -0.3 is 19.9 Å². The van der Waals surface area contributed by atoms with Gasteiger partial charge in [-0.05, 0) is 24.3 Å². The molecule has 3 rings (SSSR count). The van der Waals surface area contributed by atoms with Crippen molar-refractivity contribution in [2.24, 2.45) is 0 Å². The molecule has 1 saturated heterocycles. The molecule has 1 atom stereocenters. The number of alkyl halides is 3. The number of halogens is 3. The number of aromatic nitrogens is 2. The second-order valence-electron chi connectivity index (χ2n) is 5.48. The average Bonchev–Trinajstić information content (AvgIpc) is 3.07. The smallest absolute Gasteiger partial charge is 0.378 e. The molecule has 1 unspecified atom stereocenters. The van der Waals surface area contributed by atoms with Crippen molar-refractivity contribution in [3.05, 3.63) is 30.2 Å². The molecule has 25 heavy (non-hydrogen) atoms. The zero-order chi connectivity index (χ0) is 17.9. The summed E-state index contributed by atoms with van der Waals surface area (Å²) in [6.07, 6.45) is -4.42. The van der Waals surface area contributed by atoms with Gasteiger partial charge in [0.05, 0.1) is 13.2 Å². The van der Waals surface area contributed by atoms with Crippen LogP contribution in [0.1, 0.15) is 12.3 Å². The lowest BCUT2D eigenvalue weighted by atomic mass is 10.1. The number of carbonyl (C=O) groups excluding carboxylic acids is 1. The Balaban J connectivity index is 1.60. The van der Waals surface area contributed by atoms with Crippen molar-refractivity contribution in [3.8, 4) is 11.4 Å². The van der Waals surface area contributed by atoms with Gasteiger partial charge in [0.2, 0.25) is 11.7 Å². The van der Waals surface area contributed by atoms with E-state index in [9.17, 15) is 18.0 Å². The molecule has 2 aromatic rings. The summed E-state index contributed by atoms with van der Waals surface area (Å²) in [5.74, 6) is -1.76. The first-order chi connectivity index (χ1) is 11.9. The molecule has 1 aliphatic rings. The lowest BCUT2D eigenvalue weighted by Crippen LogP contribution is -2.43. The van der Waals surface area contributed by atoms with Crippen LogP contribution < -0.4 is 10.6 Å². The summed E-state index contributed by atoms with van der Waals surface area (Å²) >= 11 is 0. The van der Waals surface area contributed by atoms with E-state index in [1.54, 1.807) is 12.1 Å². The summed E-state index contributed by atoms with van der Waals surface area (Å²) in [7, 11) is 0. The van der Waals surface area contributed by atoms with Gasteiger partial charge in [-0.3, -0.25) is 4.79 Å². The lowest BCUT2D eigenvalue weighted by molar-refractivity contribution is -0.159. The molecule has 0 radical (unpaired) electrons. The minimum Gasteiger partial charge on any atom is -0.378 e. The molecule has 1 aliphatic heterocycles. The van der Waals surface area contributed by atoms with Crippen LogP contribution in [-0.4, -0.2) is 41.8 Å². The second-order valence-corrected chi connectivity index (χ2v) is 5.48. The van der Waals surface area contributed by atoms with Crippen LogP contribution in [0.3, 0.4) is 0 Å². The van der Waals surface area contributed by atoms with Crippen molar-refractivity contribution < 1.29 is 27.2 Å². The minimum atomic E-state index is -4.68. The fourth-order valence-corrected chi connectivity index (χ4v) is 2.35. The first-order valence-corrected chi connectivity index (χ1v) is 7.54. The number of morpholine rings is 1. The van der Waals surface area contributed by atoms with Crippen molar-refractivity contribution in [2.75, 3.05) is 25.1 Å². The highest BCUT2D eigenvalue weighted by molar-refractivity contribution is 5.91. The Morgan fingerprint density at radius 3 is 2.68 bits per heavy atom. The zero-order valence-corrected chi connectivity index (χ0v) is 13.0. The number of nitrogens with one attached hydrogen (secondary N) is 2. The molecule has 1 amide bonds. The fourth-order valence-electron chi connectivity index (χ4n) is 2.35. The molecule has 1 aromatic heterocycles. The molecule has 1 aromatic carbocycles. The second kappa shape index (κ2) is 7.19. The normalized spacial score (nSPS) is 18.1. The van der Waals surface area contributed by atoms with E-state index in [0.29, 0.717) is 31.0 Å². The van der Waals surface area contributed by atoms with Crippen LogP contribution in [0.2, 0.25) is 0 Å². The lowest BCUT2D eigenvalue weighted by Gasteiger charge is -2.23. The number of ether oxygens (including phenoxy) is 1. The van der Waals surface area contributed by atoms with Crippen LogP contribution in [0, 0.1) is 0 Å². The Morgan fingerprint density at radius 2 is 2.08 bits per heavy atom. The van der Waals surface area contributed by atoms with Gasteiger partial charge in [-0.15, -0.1) is 0 Å². The molecule has 134 valence electrons. The summed E-state index contributed by atoms with van der Waals surface area (Å²) in [5.41, 5.74) is 0.865. The third-order valence-electron chi connectivity index (χ3n) is 3.53. The molecule has 0 spiro atoms. The summed E-state index contributed by atoms with van der Waals surface area (Å²) < 4.78 is 46.8. The van der Waals surface area contributed by atoms with Crippen molar-refractivity contribution >= 4 is 11.6 Å². The van der Waals surface area contributed by atoms with E-state index in [0.717, 1.165) is 0 Å². The van der Waals surface area contributed by atoms with Crippen LogP contribution in [0.4, 0.5) is 18.9 Å². The average molecular weight is 356 g/mol. The number of amides is 1. The summed E-state index contributed by atoms with van der Waals surface area (Å²) in [4.78, 5) is 15.3. The standard InChI is InChI=1S/C15H15F3N4O3/c16-15(17,18)14-21-13(22-25-14)9-1-3-10(4-2-9)20-12(23)7-11-8-24-6-5-19-11/h1-4,11,19H,5-8H2,(H,20,23). The van der Waals surface area contributed by atoms with Crippen molar-refractivity contribution in [1.82, 2.24) is 15.5 Å². The maximum absolute atomic E-state index is 12.5. The van der Waals surface area contributed by atoms with Gasteiger partial charge in [-0.2, -0.15) is 18.2 Å². The van der Waals surface area contributed by atoms with Crippen molar-refractivity contribution in [2.45, 2.75) is 18.6 Å². The van der Waals surface area contributed by atoms with E-state index in [2.05, 4.69) is 25.3 Å². The van der Waals surface area contributed by atoms with Gasteiger partial charge in [0.1, 0.15) is 0 Å². The number of anilines is 1. The highest BCUT2D eigenvalue weighted by Crippen LogP contribution is 2.29. The van der Waals surface area contributed by atoms with Crippen LogP contribution in [0.15, 0.2) is 28.8 Å². The Hall–Kier alpha value is -2.46. The van der Waals surface area contributed by atoms with Gasteiger partial charge in [-0.1, -0.05) is 5.16 Å². The first-order valence-electron chi connectivity index (χ1n) is 7.54. The highest BCUT2D eigenvalue weighted by Gasteiger charge is 2.38. The topological polar surface area (TPSA) is 89.3 Å². The summed E-state index contributed by atoms with van der Waals surface area (Å²) in [5, 5.41) is 9.20. The van der Waals surface area contributed by atoms with Crippen LogP contribution in [0.5, 0.6) is 0 Å². The molecule has 0 saturated carbocycles. The van der Waals surface area contributed by atoms with Gasteiger partial charge in [0.15, 0.2) is 0 Å². The summed E-state index contributed by atoms with van der Waals surface area (Å²) in [6.45, 7) is 1.81. The van der Waals surface area contributed by atoms with E-state index < -0.39 is 12.1 Å². The molecule has 7 nitrogen and oxygen atoms in total. The monoisotopic (exact) mass is 356 g/mol. The fraction of sp³-hybridized carbons (Fsp3) is 0.400. The molecule has 0 aliphatic carbocycles.